The van der Waals surface area contributed by atoms with Gasteiger partial charge in [0, 0.05) is 0 Å². The van der Waals surface area contributed by atoms with Crippen molar-refractivity contribution in [3.8, 4) is 0 Å². The van der Waals surface area contributed by atoms with Gasteiger partial charge in [-0.2, -0.15) is 0 Å². The van der Waals surface area contributed by atoms with Gasteiger partial charge >= 0.3 is 0 Å². The lowest BCUT2D eigenvalue weighted by atomic mass is 9.87. The van der Waals surface area contributed by atoms with Crippen LogP contribution in [0.1, 0.15) is 37.5 Å². The molecule has 1 aromatic rings. The van der Waals surface area contributed by atoms with Crippen LogP contribution in [0.3, 0.4) is 0 Å². The molecule has 2 nitrogen and oxygen atoms in total. The highest BCUT2D eigenvalue weighted by molar-refractivity contribution is 5.73. The summed E-state index contributed by atoms with van der Waals surface area (Å²) in [7, 11) is 1.96. The molecule has 0 bridgehead atoms. The minimum absolute atomic E-state index is 0.804. The Morgan fingerprint density at radius 3 is 2.56 bits per heavy atom. The van der Waals surface area contributed by atoms with E-state index in [0.717, 1.165) is 24.1 Å². The van der Waals surface area contributed by atoms with Crippen LogP contribution >= 0.6 is 0 Å². The standard InChI is InChI=1S/C16H25NO/c1-6-15(16(3,4)18)14-11-13(9-10-17-5)8-7-12(14)2/h6-8,11,17-18H,9-10H2,1-5H3/b15-6+. The Morgan fingerprint density at radius 1 is 1.39 bits per heavy atom. The number of aryl methyl sites for hydroxylation is 1. The van der Waals surface area contributed by atoms with Gasteiger partial charge in [0.25, 0.3) is 0 Å². The molecule has 0 spiro atoms. The second-order valence-electron chi connectivity index (χ2n) is 5.26. The number of hydrogen-bond donors (Lipinski definition) is 2. The first-order chi connectivity index (χ1) is 8.40. The summed E-state index contributed by atoms with van der Waals surface area (Å²) in [5.41, 5.74) is 3.85. The van der Waals surface area contributed by atoms with Crippen LogP contribution in [0.2, 0.25) is 0 Å². The maximum absolute atomic E-state index is 10.2. The van der Waals surface area contributed by atoms with E-state index in [2.05, 4.69) is 30.4 Å². The molecule has 0 aliphatic carbocycles. The van der Waals surface area contributed by atoms with E-state index in [4.69, 9.17) is 0 Å². The fourth-order valence-corrected chi connectivity index (χ4v) is 2.22. The number of likely N-dealkylation sites (N-methyl/N-ethyl adjacent to an activating group) is 1. The number of hydrogen-bond acceptors (Lipinski definition) is 2. The Kier molecular flexibility index (Phi) is 5.12. The first kappa shape index (κ1) is 14.9. The van der Waals surface area contributed by atoms with E-state index in [1.165, 1.54) is 11.1 Å². The number of rotatable bonds is 5. The van der Waals surface area contributed by atoms with E-state index in [9.17, 15) is 5.11 Å². The van der Waals surface area contributed by atoms with E-state index >= 15 is 0 Å². The molecule has 0 amide bonds. The monoisotopic (exact) mass is 247 g/mol. The molecule has 1 rings (SSSR count). The number of benzene rings is 1. The first-order valence-corrected chi connectivity index (χ1v) is 6.53. The van der Waals surface area contributed by atoms with Crippen LogP contribution in [0.15, 0.2) is 24.3 Å². The largest absolute Gasteiger partial charge is 0.386 e. The molecule has 0 saturated carbocycles. The number of allylic oxidation sites excluding steroid dienone is 1. The Morgan fingerprint density at radius 2 is 2.06 bits per heavy atom. The molecule has 2 N–H and O–H groups in total. The fraction of sp³-hybridized carbons (Fsp3) is 0.500. The lowest BCUT2D eigenvalue weighted by molar-refractivity contribution is 0.143. The third kappa shape index (κ3) is 3.69. The molecule has 0 heterocycles. The summed E-state index contributed by atoms with van der Waals surface area (Å²) in [6, 6.07) is 6.49. The van der Waals surface area contributed by atoms with Crippen LogP contribution in [-0.2, 0) is 6.42 Å². The molecule has 0 radical (unpaired) electrons. The third-order valence-corrected chi connectivity index (χ3v) is 3.20. The van der Waals surface area contributed by atoms with Crippen molar-refractivity contribution in [1.29, 1.82) is 0 Å². The Balaban J connectivity index is 3.14. The predicted molar refractivity (Wildman–Crippen MR) is 78.8 cm³/mol. The van der Waals surface area contributed by atoms with Crippen molar-refractivity contribution < 1.29 is 5.11 Å². The van der Waals surface area contributed by atoms with Crippen molar-refractivity contribution in [3.05, 3.63) is 41.0 Å². The van der Waals surface area contributed by atoms with E-state index < -0.39 is 5.60 Å². The van der Waals surface area contributed by atoms with Crippen molar-refractivity contribution in [2.24, 2.45) is 0 Å². The van der Waals surface area contributed by atoms with Crippen molar-refractivity contribution >= 4 is 5.57 Å². The van der Waals surface area contributed by atoms with Crippen molar-refractivity contribution in [2.45, 2.75) is 39.7 Å². The second-order valence-corrected chi connectivity index (χ2v) is 5.26. The minimum Gasteiger partial charge on any atom is -0.386 e. The maximum Gasteiger partial charge on any atom is 0.0843 e. The molecule has 0 atom stereocenters. The SMILES string of the molecule is C/C=C(\c1cc(CCNC)ccc1C)C(C)(C)O. The average Bonchev–Trinajstić information content (AvgIpc) is 2.29. The third-order valence-electron chi connectivity index (χ3n) is 3.20. The summed E-state index contributed by atoms with van der Waals surface area (Å²) >= 11 is 0. The van der Waals surface area contributed by atoms with Gasteiger partial charge < -0.3 is 10.4 Å². The quantitative estimate of drug-likeness (QED) is 0.838. The van der Waals surface area contributed by atoms with Gasteiger partial charge in [-0.3, -0.25) is 0 Å². The Bertz CT molecular complexity index is 427. The zero-order chi connectivity index (χ0) is 13.8. The Hall–Kier alpha value is -1.12. The fourth-order valence-electron chi connectivity index (χ4n) is 2.22. The van der Waals surface area contributed by atoms with Gasteiger partial charge in [-0.15, -0.1) is 0 Å². The maximum atomic E-state index is 10.2. The number of aliphatic hydroxyl groups is 1. The molecule has 0 fully saturated rings. The highest BCUT2D eigenvalue weighted by Crippen LogP contribution is 2.29. The topological polar surface area (TPSA) is 32.3 Å². The van der Waals surface area contributed by atoms with E-state index in [0.29, 0.717) is 0 Å². The normalized spacial score (nSPS) is 12.9. The van der Waals surface area contributed by atoms with E-state index in [1.807, 2.05) is 33.9 Å². The highest BCUT2D eigenvalue weighted by atomic mass is 16.3. The summed E-state index contributed by atoms with van der Waals surface area (Å²) in [6.45, 7) is 8.71. The van der Waals surface area contributed by atoms with Gasteiger partial charge in [-0.25, -0.2) is 0 Å². The van der Waals surface area contributed by atoms with Gasteiger partial charge in [-0.05, 0) is 70.0 Å². The van der Waals surface area contributed by atoms with Crippen LogP contribution in [0.4, 0.5) is 0 Å². The van der Waals surface area contributed by atoms with Gasteiger partial charge in [0.2, 0.25) is 0 Å². The van der Waals surface area contributed by atoms with Crippen LogP contribution < -0.4 is 5.32 Å². The molecule has 18 heavy (non-hydrogen) atoms. The summed E-state index contributed by atoms with van der Waals surface area (Å²) in [4.78, 5) is 0. The van der Waals surface area contributed by atoms with Crippen molar-refractivity contribution in [3.63, 3.8) is 0 Å². The second kappa shape index (κ2) is 6.17. The summed E-state index contributed by atoms with van der Waals surface area (Å²) in [5.74, 6) is 0. The molecule has 0 unspecified atom stereocenters. The van der Waals surface area contributed by atoms with Gasteiger partial charge in [0.15, 0.2) is 0 Å². The zero-order valence-electron chi connectivity index (χ0n) is 12.2. The van der Waals surface area contributed by atoms with Crippen molar-refractivity contribution in [1.82, 2.24) is 5.32 Å². The highest BCUT2D eigenvalue weighted by Gasteiger charge is 2.21. The summed E-state index contributed by atoms with van der Waals surface area (Å²) in [6.07, 6.45) is 3.01. The van der Waals surface area contributed by atoms with Gasteiger partial charge in [0.05, 0.1) is 5.60 Å². The minimum atomic E-state index is -0.804. The predicted octanol–water partition coefficient (Wildman–Crippen LogP) is 2.93. The molecular weight excluding hydrogens is 222 g/mol. The Labute approximate surface area is 111 Å². The zero-order valence-corrected chi connectivity index (χ0v) is 12.2. The van der Waals surface area contributed by atoms with Gasteiger partial charge in [-0.1, -0.05) is 24.3 Å². The lowest BCUT2D eigenvalue weighted by Crippen LogP contribution is -2.21. The van der Waals surface area contributed by atoms with E-state index in [-0.39, 0.29) is 0 Å². The van der Waals surface area contributed by atoms with Crippen LogP contribution in [0.5, 0.6) is 0 Å². The molecule has 0 saturated heterocycles. The van der Waals surface area contributed by atoms with Crippen LogP contribution in [0, 0.1) is 6.92 Å². The smallest absolute Gasteiger partial charge is 0.0843 e. The average molecular weight is 247 g/mol. The van der Waals surface area contributed by atoms with Crippen molar-refractivity contribution in [2.75, 3.05) is 13.6 Å². The molecule has 1 aromatic carbocycles. The molecule has 2 heteroatoms. The summed E-state index contributed by atoms with van der Waals surface area (Å²) < 4.78 is 0. The van der Waals surface area contributed by atoms with E-state index in [1.54, 1.807) is 0 Å². The molecule has 100 valence electrons. The molecule has 0 aromatic heterocycles. The lowest BCUT2D eigenvalue weighted by Gasteiger charge is -2.24. The molecule has 0 aliphatic rings. The molecular formula is C16H25NO. The van der Waals surface area contributed by atoms with Crippen LogP contribution in [0.25, 0.3) is 5.57 Å². The van der Waals surface area contributed by atoms with Crippen LogP contribution in [-0.4, -0.2) is 24.3 Å². The summed E-state index contributed by atoms with van der Waals surface area (Å²) in [5, 5.41) is 13.4. The molecule has 0 aliphatic heterocycles. The number of nitrogens with one attached hydrogen (secondary N) is 1. The van der Waals surface area contributed by atoms with Gasteiger partial charge in [0.1, 0.15) is 0 Å². The first-order valence-electron chi connectivity index (χ1n) is 6.53.